The molecule has 0 saturated carbocycles. The minimum Gasteiger partial charge on any atom is -0.328 e. The maximum absolute atomic E-state index is 13.5. The maximum Gasteiger partial charge on any atom is 0.226 e. The van der Waals surface area contributed by atoms with E-state index >= 15 is 0 Å². The van der Waals surface area contributed by atoms with Crippen molar-refractivity contribution in [2.45, 2.75) is 25.3 Å². The smallest absolute Gasteiger partial charge is 0.226 e. The third-order valence-corrected chi connectivity index (χ3v) is 5.41. The van der Waals surface area contributed by atoms with E-state index in [1.165, 1.54) is 12.1 Å². The van der Waals surface area contributed by atoms with E-state index in [1.54, 1.807) is 28.9 Å². The van der Waals surface area contributed by atoms with E-state index in [0.29, 0.717) is 28.8 Å². The van der Waals surface area contributed by atoms with E-state index in [4.69, 9.17) is 11.6 Å². The highest BCUT2D eigenvalue weighted by Crippen LogP contribution is 2.40. The summed E-state index contributed by atoms with van der Waals surface area (Å²) >= 11 is 5.98. The Labute approximate surface area is 165 Å². The minimum absolute atomic E-state index is 0.0947. The lowest BCUT2D eigenvalue weighted by Gasteiger charge is -2.32. The molecule has 0 amide bonds. The van der Waals surface area contributed by atoms with Crippen molar-refractivity contribution >= 4 is 23.3 Å². The first-order valence-electron chi connectivity index (χ1n) is 9.11. The van der Waals surface area contributed by atoms with E-state index in [1.807, 2.05) is 12.1 Å². The Balaban J connectivity index is 1.66. The van der Waals surface area contributed by atoms with Crippen LogP contribution in [0.3, 0.4) is 0 Å². The first kappa shape index (κ1) is 17.1. The van der Waals surface area contributed by atoms with Gasteiger partial charge in [-0.1, -0.05) is 23.7 Å². The molecule has 2 aromatic carbocycles. The first-order valence-corrected chi connectivity index (χ1v) is 9.49. The van der Waals surface area contributed by atoms with Crippen LogP contribution in [-0.2, 0) is 4.79 Å². The molecule has 28 heavy (non-hydrogen) atoms. The number of nitrogens with zero attached hydrogens (tertiary/aromatic N) is 3. The van der Waals surface area contributed by atoms with Gasteiger partial charge in [0.15, 0.2) is 11.6 Å². The predicted molar refractivity (Wildman–Crippen MR) is 105 cm³/mol. The second-order valence-corrected chi connectivity index (χ2v) is 7.39. The third-order valence-electron chi connectivity index (χ3n) is 5.16. The van der Waals surface area contributed by atoms with Gasteiger partial charge >= 0.3 is 0 Å². The average molecular weight is 395 g/mol. The van der Waals surface area contributed by atoms with Crippen LogP contribution < -0.4 is 5.32 Å². The quantitative estimate of drug-likeness (QED) is 0.680. The number of hydrogen-bond acceptors (Lipinski definition) is 4. The van der Waals surface area contributed by atoms with Crippen LogP contribution in [0.5, 0.6) is 0 Å². The predicted octanol–water partition coefficient (Wildman–Crippen LogP) is 4.76. The molecule has 1 unspecified atom stereocenters. The Kier molecular flexibility index (Phi) is 4.02. The van der Waals surface area contributed by atoms with E-state index in [9.17, 15) is 9.18 Å². The summed E-state index contributed by atoms with van der Waals surface area (Å²) in [5.41, 5.74) is 3.21. The Morgan fingerprint density at radius 1 is 1.07 bits per heavy atom. The van der Waals surface area contributed by atoms with E-state index in [2.05, 4.69) is 15.4 Å². The van der Waals surface area contributed by atoms with Crippen LogP contribution in [0, 0.1) is 5.82 Å². The van der Waals surface area contributed by atoms with Gasteiger partial charge in [0.25, 0.3) is 0 Å². The molecule has 1 aliphatic carbocycles. The van der Waals surface area contributed by atoms with Gasteiger partial charge in [0, 0.05) is 28.3 Å². The Morgan fingerprint density at radius 2 is 1.82 bits per heavy atom. The van der Waals surface area contributed by atoms with Crippen LogP contribution in [0.4, 0.5) is 10.3 Å². The van der Waals surface area contributed by atoms with Gasteiger partial charge in [-0.3, -0.25) is 4.79 Å². The lowest BCUT2D eigenvalue weighted by molar-refractivity contribution is -0.116. The number of Topliss-reactive ketones (excluding diaryl/α,β-unsaturated/α-hetero) is 1. The molecule has 0 spiro atoms. The minimum atomic E-state index is -0.423. The SMILES string of the molecule is O=C1CCCC2=C1C(c1ccc(F)cc1)n1nc(-c3ccc(Cl)cc3)nc1N2. The summed E-state index contributed by atoms with van der Waals surface area (Å²) in [5, 5.41) is 8.60. The molecule has 0 fully saturated rings. The van der Waals surface area contributed by atoms with Gasteiger partial charge in [-0.2, -0.15) is 4.98 Å². The molecule has 2 heterocycles. The number of carbonyl (C=O) groups excluding carboxylic acids is 1. The molecule has 5 nitrogen and oxygen atoms in total. The number of fused-ring (bicyclic) bond motifs is 1. The molecule has 0 radical (unpaired) electrons. The second-order valence-electron chi connectivity index (χ2n) is 6.96. The summed E-state index contributed by atoms with van der Waals surface area (Å²) in [6.07, 6.45) is 2.09. The highest BCUT2D eigenvalue weighted by molar-refractivity contribution is 6.30. The fourth-order valence-corrected chi connectivity index (χ4v) is 3.96. The maximum atomic E-state index is 13.5. The van der Waals surface area contributed by atoms with Crippen LogP contribution in [0.25, 0.3) is 11.4 Å². The zero-order valence-corrected chi connectivity index (χ0v) is 15.6. The number of hydrogen-bond donors (Lipinski definition) is 1. The molecule has 0 saturated heterocycles. The molecule has 1 aliphatic heterocycles. The Morgan fingerprint density at radius 3 is 2.57 bits per heavy atom. The summed E-state index contributed by atoms with van der Waals surface area (Å²) < 4.78 is 15.2. The van der Waals surface area contributed by atoms with Crippen LogP contribution in [-0.4, -0.2) is 20.5 Å². The van der Waals surface area contributed by atoms with Crippen molar-refractivity contribution in [2.75, 3.05) is 5.32 Å². The van der Waals surface area contributed by atoms with Crippen LogP contribution >= 0.6 is 11.6 Å². The molecule has 0 bridgehead atoms. The Bertz CT molecular complexity index is 1100. The summed E-state index contributed by atoms with van der Waals surface area (Å²) in [6.45, 7) is 0. The number of rotatable bonds is 2. The molecule has 2 aliphatic rings. The number of anilines is 1. The second kappa shape index (κ2) is 6.56. The van der Waals surface area contributed by atoms with Gasteiger partial charge < -0.3 is 5.32 Å². The number of allylic oxidation sites excluding steroid dienone is 2. The van der Waals surface area contributed by atoms with Crippen molar-refractivity contribution < 1.29 is 9.18 Å². The van der Waals surface area contributed by atoms with Crippen LogP contribution in [0.15, 0.2) is 59.8 Å². The van der Waals surface area contributed by atoms with Crippen molar-refractivity contribution in [3.8, 4) is 11.4 Å². The summed E-state index contributed by atoms with van der Waals surface area (Å²) in [4.78, 5) is 17.4. The van der Waals surface area contributed by atoms with Crippen molar-refractivity contribution in [1.29, 1.82) is 0 Å². The van der Waals surface area contributed by atoms with Gasteiger partial charge in [0.1, 0.15) is 11.9 Å². The third kappa shape index (κ3) is 2.81. The first-order chi connectivity index (χ1) is 13.6. The molecular weight excluding hydrogens is 379 g/mol. The van der Waals surface area contributed by atoms with Gasteiger partial charge in [-0.05, 0) is 54.8 Å². The number of aromatic nitrogens is 3. The molecule has 1 N–H and O–H groups in total. The standard InChI is InChI=1S/C21H16ClFN4O/c22-14-8-4-13(5-9-14)20-25-21-24-16-2-1-3-17(28)18(16)19(27(21)26-20)12-6-10-15(23)11-7-12/h4-11,19H,1-3H2,(H,24,25,26). The number of halogens is 2. The molecule has 140 valence electrons. The summed E-state index contributed by atoms with van der Waals surface area (Å²) in [7, 11) is 0. The monoisotopic (exact) mass is 394 g/mol. The molecule has 7 heteroatoms. The van der Waals surface area contributed by atoms with Crippen molar-refractivity contribution in [2.24, 2.45) is 0 Å². The highest BCUT2D eigenvalue weighted by Gasteiger charge is 2.36. The highest BCUT2D eigenvalue weighted by atomic mass is 35.5. The van der Waals surface area contributed by atoms with Gasteiger partial charge in [-0.25, -0.2) is 9.07 Å². The van der Waals surface area contributed by atoms with Gasteiger partial charge in [0.05, 0.1) is 0 Å². The molecule has 5 rings (SSSR count). The number of carbonyl (C=O) groups is 1. The summed E-state index contributed by atoms with van der Waals surface area (Å²) in [5.74, 6) is 0.895. The number of nitrogens with one attached hydrogen (secondary N) is 1. The van der Waals surface area contributed by atoms with Gasteiger partial charge in [-0.15, -0.1) is 5.10 Å². The number of benzene rings is 2. The van der Waals surface area contributed by atoms with Gasteiger partial charge in [0.2, 0.25) is 5.95 Å². The fraction of sp³-hybridized carbons (Fsp3) is 0.190. The molecular formula is C21H16ClFN4O. The van der Waals surface area contributed by atoms with E-state index in [0.717, 1.165) is 29.7 Å². The van der Waals surface area contributed by atoms with Crippen molar-refractivity contribution in [1.82, 2.24) is 14.8 Å². The fourth-order valence-electron chi connectivity index (χ4n) is 3.83. The lowest BCUT2D eigenvalue weighted by Crippen LogP contribution is -2.31. The van der Waals surface area contributed by atoms with Crippen molar-refractivity contribution in [3.05, 3.63) is 76.2 Å². The normalized spacial score (nSPS) is 18.5. The lowest BCUT2D eigenvalue weighted by atomic mass is 9.85. The van der Waals surface area contributed by atoms with E-state index < -0.39 is 6.04 Å². The Hall–Kier alpha value is -2.99. The average Bonchev–Trinajstić information content (AvgIpc) is 3.11. The van der Waals surface area contributed by atoms with Crippen LogP contribution in [0.1, 0.15) is 30.9 Å². The zero-order valence-electron chi connectivity index (χ0n) is 14.8. The van der Waals surface area contributed by atoms with Crippen LogP contribution in [0.2, 0.25) is 5.02 Å². The largest absolute Gasteiger partial charge is 0.328 e. The zero-order chi connectivity index (χ0) is 19.3. The topological polar surface area (TPSA) is 59.8 Å². The van der Waals surface area contributed by atoms with Crippen molar-refractivity contribution in [3.63, 3.8) is 0 Å². The molecule has 1 atom stereocenters. The molecule has 3 aromatic rings. The summed E-state index contributed by atoms with van der Waals surface area (Å²) in [6, 6.07) is 13.1. The number of ketones is 1. The molecule has 1 aromatic heterocycles. The van der Waals surface area contributed by atoms with E-state index in [-0.39, 0.29) is 11.6 Å².